The quantitative estimate of drug-likeness (QED) is 0.811. The monoisotopic (exact) mass is 250 g/mol. The normalized spacial score (nSPS) is 10.4. The summed E-state index contributed by atoms with van der Waals surface area (Å²) >= 11 is 0. The molecular formula is C14H22N2O2. The summed E-state index contributed by atoms with van der Waals surface area (Å²) in [7, 11) is 0. The minimum atomic E-state index is -0.288. The molecule has 4 nitrogen and oxygen atoms in total. The van der Waals surface area contributed by atoms with Gasteiger partial charge in [-0.05, 0) is 30.9 Å². The first-order valence-corrected chi connectivity index (χ1v) is 6.67. The van der Waals surface area contributed by atoms with Gasteiger partial charge in [0.1, 0.15) is 5.56 Å². The molecule has 1 amide bonds. The molecule has 0 atom stereocenters. The number of hydrogen-bond acceptors (Lipinski definition) is 2. The van der Waals surface area contributed by atoms with E-state index in [1.165, 1.54) is 0 Å². The first kappa shape index (κ1) is 14.5. The fourth-order valence-electron chi connectivity index (χ4n) is 1.90. The van der Waals surface area contributed by atoms with E-state index in [1.54, 1.807) is 6.07 Å². The second-order valence-corrected chi connectivity index (χ2v) is 4.38. The van der Waals surface area contributed by atoms with Crippen LogP contribution in [0.5, 0.6) is 0 Å². The summed E-state index contributed by atoms with van der Waals surface area (Å²) in [4.78, 5) is 26.5. The lowest BCUT2D eigenvalue weighted by atomic mass is 10.0. The van der Waals surface area contributed by atoms with Crippen LogP contribution in [-0.2, 0) is 12.8 Å². The minimum Gasteiger partial charge on any atom is -0.352 e. The van der Waals surface area contributed by atoms with Crippen LogP contribution in [0, 0.1) is 0 Å². The predicted molar refractivity (Wildman–Crippen MR) is 73.1 cm³/mol. The molecule has 0 aliphatic rings. The molecule has 1 rings (SSSR count). The smallest absolute Gasteiger partial charge is 0.261 e. The molecule has 0 radical (unpaired) electrons. The molecular weight excluding hydrogens is 228 g/mol. The molecule has 1 heterocycles. The van der Waals surface area contributed by atoms with Gasteiger partial charge in [-0.15, -0.1) is 0 Å². The highest BCUT2D eigenvalue weighted by atomic mass is 16.2. The standard InChI is InChI=1S/C14H22N2O2/c1-4-7-12-10(6-3)9-11(14(18)16-12)13(17)15-8-5-2/h9H,4-8H2,1-3H3,(H,15,17)(H,16,18). The zero-order valence-electron chi connectivity index (χ0n) is 11.4. The number of carbonyl (C=O) groups excluding carboxylic acids is 1. The Bertz CT molecular complexity index is 463. The molecule has 0 saturated carbocycles. The Hall–Kier alpha value is -1.58. The van der Waals surface area contributed by atoms with Gasteiger partial charge in [0, 0.05) is 12.2 Å². The van der Waals surface area contributed by atoms with E-state index in [9.17, 15) is 9.59 Å². The van der Waals surface area contributed by atoms with Crippen LogP contribution in [0.3, 0.4) is 0 Å². The predicted octanol–water partition coefficient (Wildman–Crippen LogP) is 2.03. The van der Waals surface area contributed by atoms with Gasteiger partial charge in [0.05, 0.1) is 0 Å². The average Bonchev–Trinajstić information content (AvgIpc) is 2.36. The van der Waals surface area contributed by atoms with Crippen molar-refractivity contribution >= 4 is 5.91 Å². The molecule has 18 heavy (non-hydrogen) atoms. The van der Waals surface area contributed by atoms with Crippen LogP contribution in [0.1, 0.15) is 55.2 Å². The largest absolute Gasteiger partial charge is 0.352 e. The van der Waals surface area contributed by atoms with Gasteiger partial charge >= 0.3 is 0 Å². The van der Waals surface area contributed by atoms with Crippen molar-refractivity contribution in [3.05, 3.63) is 33.2 Å². The summed E-state index contributed by atoms with van der Waals surface area (Å²) in [5.74, 6) is -0.282. The summed E-state index contributed by atoms with van der Waals surface area (Å²) in [5, 5.41) is 2.73. The van der Waals surface area contributed by atoms with Gasteiger partial charge in [0.15, 0.2) is 0 Å². The van der Waals surface area contributed by atoms with E-state index in [4.69, 9.17) is 0 Å². The second kappa shape index (κ2) is 6.99. The second-order valence-electron chi connectivity index (χ2n) is 4.38. The van der Waals surface area contributed by atoms with Gasteiger partial charge in [-0.3, -0.25) is 9.59 Å². The molecule has 0 spiro atoms. The van der Waals surface area contributed by atoms with Crippen molar-refractivity contribution in [2.24, 2.45) is 0 Å². The number of aryl methyl sites for hydroxylation is 2. The SMILES string of the molecule is CCCNC(=O)c1cc(CC)c(CCC)[nH]c1=O. The topological polar surface area (TPSA) is 62.0 Å². The molecule has 2 N–H and O–H groups in total. The van der Waals surface area contributed by atoms with E-state index in [-0.39, 0.29) is 17.0 Å². The third kappa shape index (κ3) is 3.45. The molecule has 0 saturated heterocycles. The van der Waals surface area contributed by atoms with E-state index in [2.05, 4.69) is 17.2 Å². The number of amides is 1. The lowest BCUT2D eigenvalue weighted by Gasteiger charge is -2.09. The lowest BCUT2D eigenvalue weighted by molar-refractivity contribution is 0.0952. The third-order valence-corrected chi connectivity index (χ3v) is 2.88. The van der Waals surface area contributed by atoms with E-state index in [0.717, 1.165) is 36.9 Å². The Morgan fingerprint density at radius 3 is 2.56 bits per heavy atom. The molecule has 0 fully saturated rings. The molecule has 4 heteroatoms. The Morgan fingerprint density at radius 1 is 1.28 bits per heavy atom. The van der Waals surface area contributed by atoms with Crippen LogP contribution >= 0.6 is 0 Å². The third-order valence-electron chi connectivity index (χ3n) is 2.88. The van der Waals surface area contributed by atoms with Crippen LogP contribution in [0.15, 0.2) is 10.9 Å². The maximum absolute atomic E-state index is 11.9. The molecule has 1 aromatic rings. The summed E-state index contributed by atoms with van der Waals surface area (Å²) in [6.07, 6.45) is 3.50. The highest BCUT2D eigenvalue weighted by Crippen LogP contribution is 2.09. The maximum Gasteiger partial charge on any atom is 0.261 e. The molecule has 100 valence electrons. The number of hydrogen-bond donors (Lipinski definition) is 2. The zero-order valence-corrected chi connectivity index (χ0v) is 11.4. The Labute approximate surface area is 108 Å². The highest BCUT2D eigenvalue weighted by Gasteiger charge is 2.13. The fraction of sp³-hybridized carbons (Fsp3) is 0.571. The van der Waals surface area contributed by atoms with Crippen LogP contribution in [0.2, 0.25) is 0 Å². The summed E-state index contributed by atoms with van der Waals surface area (Å²) in [6.45, 7) is 6.67. The first-order chi connectivity index (χ1) is 8.63. The summed E-state index contributed by atoms with van der Waals surface area (Å²) < 4.78 is 0. The number of carbonyl (C=O) groups is 1. The van der Waals surface area contributed by atoms with Crippen molar-refractivity contribution in [3.63, 3.8) is 0 Å². The van der Waals surface area contributed by atoms with Gasteiger partial charge < -0.3 is 10.3 Å². The van der Waals surface area contributed by atoms with Crippen molar-refractivity contribution in [2.45, 2.75) is 46.5 Å². The zero-order chi connectivity index (χ0) is 13.5. The molecule has 0 aliphatic heterocycles. The van der Waals surface area contributed by atoms with Crippen molar-refractivity contribution in [1.82, 2.24) is 10.3 Å². The van der Waals surface area contributed by atoms with Crippen LogP contribution in [-0.4, -0.2) is 17.4 Å². The Balaban J connectivity index is 3.07. The number of rotatable bonds is 6. The molecule has 1 aromatic heterocycles. The van der Waals surface area contributed by atoms with E-state index in [0.29, 0.717) is 6.54 Å². The van der Waals surface area contributed by atoms with Crippen molar-refractivity contribution in [1.29, 1.82) is 0 Å². The average molecular weight is 250 g/mol. The minimum absolute atomic E-state index is 0.222. The molecule has 0 aliphatic carbocycles. The van der Waals surface area contributed by atoms with E-state index >= 15 is 0 Å². The van der Waals surface area contributed by atoms with Gasteiger partial charge in [0.2, 0.25) is 0 Å². The van der Waals surface area contributed by atoms with Crippen molar-refractivity contribution in [2.75, 3.05) is 6.54 Å². The summed E-state index contributed by atoms with van der Waals surface area (Å²) in [6, 6.07) is 1.73. The van der Waals surface area contributed by atoms with Crippen LogP contribution in [0.25, 0.3) is 0 Å². The Kier molecular flexibility index (Phi) is 5.62. The number of aromatic nitrogens is 1. The number of aromatic amines is 1. The van der Waals surface area contributed by atoms with Crippen LogP contribution < -0.4 is 10.9 Å². The maximum atomic E-state index is 11.9. The van der Waals surface area contributed by atoms with Gasteiger partial charge in [-0.2, -0.15) is 0 Å². The first-order valence-electron chi connectivity index (χ1n) is 6.67. The van der Waals surface area contributed by atoms with Crippen molar-refractivity contribution < 1.29 is 4.79 Å². The number of H-pyrrole nitrogens is 1. The molecule has 0 unspecified atom stereocenters. The fourth-order valence-corrected chi connectivity index (χ4v) is 1.90. The van der Waals surface area contributed by atoms with Crippen molar-refractivity contribution in [3.8, 4) is 0 Å². The van der Waals surface area contributed by atoms with E-state index < -0.39 is 0 Å². The number of nitrogens with one attached hydrogen (secondary N) is 2. The summed E-state index contributed by atoms with van der Waals surface area (Å²) in [5.41, 5.74) is 1.94. The van der Waals surface area contributed by atoms with Crippen LogP contribution in [0.4, 0.5) is 0 Å². The van der Waals surface area contributed by atoms with E-state index in [1.807, 2.05) is 13.8 Å². The number of pyridine rings is 1. The lowest BCUT2D eigenvalue weighted by Crippen LogP contribution is -2.31. The molecule has 0 aromatic carbocycles. The van der Waals surface area contributed by atoms with Gasteiger partial charge in [-0.25, -0.2) is 0 Å². The Morgan fingerprint density at radius 2 is 2.00 bits per heavy atom. The van der Waals surface area contributed by atoms with Gasteiger partial charge in [-0.1, -0.05) is 27.2 Å². The molecule has 0 bridgehead atoms. The van der Waals surface area contributed by atoms with Gasteiger partial charge in [0.25, 0.3) is 11.5 Å². The highest BCUT2D eigenvalue weighted by molar-refractivity contribution is 5.94.